The lowest BCUT2D eigenvalue weighted by molar-refractivity contribution is -0.116. The minimum Gasteiger partial charge on any atom is -0.352 e. The van der Waals surface area contributed by atoms with Crippen LogP contribution in [0.1, 0.15) is 41.3 Å². The molecule has 0 saturated heterocycles. The van der Waals surface area contributed by atoms with Crippen LogP contribution in [0.15, 0.2) is 60.8 Å². The van der Waals surface area contributed by atoms with Crippen LogP contribution in [0.25, 0.3) is 0 Å². The van der Waals surface area contributed by atoms with Crippen LogP contribution in [0.4, 0.5) is 5.82 Å². The molecule has 1 aromatic heterocycles. The molecule has 156 valence electrons. The minimum absolute atomic E-state index is 0.112. The van der Waals surface area contributed by atoms with Gasteiger partial charge in [-0.3, -0.25) is 9.59 Å². The number of amides is 2. The van der Waals surface area contributed by atoms with Gasteiger partial charge in [0.25, 0.3) is 5.91 Å². The summed E-state index contributed by atoms with van der Waals surface area (Å²) in [5, 5.41) is 10.6. The van der Waals surface area contributed by atoms with Crippen LogP contribution in [-0.4, -0.2) is 28.1 Å². The molecule has 2 amide bonds. The lowest BCUT2D eigenvalue weighted by Crippen LogP contribution is -2.25. The normalized spacial score (nSPS) is 10.6. The Morgan fingerprint density at radius 1 is 1.00 bits per heavy atom. The largest absolute Gasteiger partial charge is 0.352 e. The fourth-order valence-corrected chi connectivity index (χ4v) is 3.10. The van der Waals surface area contributed by atoms with Crippen molar-refractivity contribution in [2.24, 2.45) is 0 Å². The first-order valence-electron chi connectivity index (χ1n) is 9.98. The molecule has 0 bridgehead atoms. The number of aryl methyl sites for hydroxylation is 1. The van der Waals surface area contributed by atoms with Crippen molar-refractivity contribution in [3.05, 3.63) is 82.5 Å². The summed E-state index contributed by atoms with van der Waals surface area (Å²) < 4.78 is 1.77. The second-order valence-electron chi connectivity index (χ2n) is 6.96. The maximum atomic E-state index is 12.3. The summed E-state index contributed by atoms with van der Waals surface area (Å²) in [4.78, 5) is 24.3. The zero-order valence-corrected chi connectivity index (χ0v) is 17.7. The van der Waals surface area contributed by atoms with Gasteiger partial charge >= 0.3 is 0 Å². The third-order valence-corrected chi connectivity index (χ3v) is 4.97. The monoisotopic (exact) mass is 424 g/mol. The summed E-state index contributed by atoms with van der Waals surface area (Å²) >= 11 is 5.82. The highest BCUT2D eigenvalue weighted by molar-refractivity contribution is 6.30. The number of nitrogens with zero attached hydrogens (tertiary/aromatic N) is 2. The quantitative estimate of drug-likeness (QED) is 0.503. The van der Waals surface area contributed by atoms with E-state index in [2.05, 4.69) is 46.9 Å². The Bertz CT molecular complexity index is 981. The van der Waals surface area contributed by atoms with Crippen molar-refractivity contribution in [3.63, 3.8) is 0 Å². The van der Waals surface area contributed by atoms with Crippen molar-refractivity contribution in [2.45, 2.75) is 32.7 Å². The number of benzene rings is 2. The van der Waals surface area contributed by atoms with E-state index in [9.17, 15) is 9.59 Å². The van der Waals surface area contributed by atoms with Crippen LogP contribution in [0.2, 0.25) is 5.02 Å². The first kappa shape index (κ1) is 21.6. The SMILES string of the molecule is CCc1ccc(Cn2nccc2NC(=O)CCCNC(=O)c2ccc(Cl)cc2)cc1. The van der Waals surface area contributed by atoms with Gasteiger partial charge in [0.2, 0.25) is 5.91 Å². The number of anilines is 1. The summed E-state index contributed by atoms with van der Waals surface area (Å²) in [5.74, 6) is 0.364. The number of nitrogens with one attached hydrogen (secondary N) is 2. The Balaban J connectivity index is 1.43. The third kappa shape index (κ3) is 6.19. The molecular weight excluding hydrogens is 400 g/mol. The maximum Gasteiger partial charge on any atom is 0.251 e. The van der Waals surface area contributed by atoms with Crippen molar-refractivity contribution >= 4 is 29.2 Å². The number of hydrogen-bond acceptors (Lipinski definition) is 3. The molecule has 30 heavy (non-hydrogen) atoms. The van der Waals surface area contributed by atoms with Crippen LogP contribution < -0.4 is 10.6 Å². The van der Waals surface area contributed by atoms with Gasteiger partial charge < -0.3 is 10.6 Å². The molecule has 0 atom stereocenters. The van der Waals surface area contributed by atoms with E-state index in [0.29, 0.717) is 42.3 Å². The van der Waals surface area contributed by atoms with E-state index in [4.69, 9.17) is 11.6 Å². The zero-order chi connectivity index (χ0) is 21.3. The fraction of sp³-hybridized carbons (Fsp3) is 0.261. The van der Waals surface area contributed by atoms with Gasteiger partial charge in [0.15, 0.2) is 0 Å². The molecular formula is C23H25ClN4O2. The van der Waals surface area contributed by atoms with E-state index in [1.165, 1.54) is 5.56 Å². The Morgan fingerprint density at radius 3 is 2.40 bits per heavy atom. The molecule has 3 aromatic rings. The molecule has 0 fully saturated rings. The van der Waals surface area contributed by atoms with Gasteiger partial charge in [0.05, 0.1) is 12.7 Å². The number of halogens is 1. The van der Waals surface area contributed by atoms with E-state index in [0.717, 1.165) is 12.0 Å². The molecule has 3 rings (SSSR count). The van der Waals surface area contributed by atoms with Gasteiger partial charge in [0.1, 0.15) is 5.82 Å². The van der Waals surface area contributed by atoms with Crippen LogP contribution in [-0.2, 0) is 17.8 Å². The molecule has 0 unspecified atom stereocenters. The Labute approximate surface area is 181 Å². The van der Waals surface area contributed by atoms with E-state index in [1.54, 1.807) is 41.2 Å². The fourth-order valence-electron chi connectivity index (χ4n) is 2.98. The molecule has 0 saturated carbocycles. The standard InChI is InChI=1S/C23H25ClN4O2/c1-2-17-5-7-18(8-6-17)16-28-21(13-15-26-28)27-22(29)4-3-14-25-23(30)19-9-11-20(24)12-10-19/h5-13,15H,2-4,14,16H2,1H3,(H,25,30)(H,27,29). The van der Waals surface area contributed by atoms with Crippen LogP contribution >= 0.6 is 11.6 Å². The first-order chi connectivity index (χ1) is 14.5. The average molecular weight is 425 g/mol. The van der Waals surface area contributed by atoms with Gasteiger partial charge in [-0.15, -0.1) is 0 Å². The number of carbonyl (C=O) groups excluding carboxylic acids is 2. The Morgan fingerprint density at radius 2 is 1.70 bits per heavy atom. The summed E-state index contributed by atoms with van der Waals surface area (Å²) in [6, 6.07) is 16.8. The molecule has 7 heteroatoms. The average Bonchev–Trinajstić information content (AvgIpc) is 3.18. The molecule has 2 aromatic carbocycles. The van der Waals surface area contributed by atoms with Crippen molar-refractivity contribution in [2.75, 3.05) is 11.9 Å². The Kier molecular flexibility index (Phi) is 7.63. The van der Waals surface area contributed by atoms with Crippen molar-refractivity contribution in [1.29, 1.82) is 0 Å². The number of rotatable bonds is 9. The van der Waals surface area contributed by atoms with Crippen molar-refractivity contribution in [1.82, 2.24) is 15.1 Å². The highest BCUT2D eigenvalue weighted by Gasteiger charge is 2.09. The van der Waals surface area contributed by atoms with E-state index >= 15 is 0 Å². The molecule has 0 aliphatic carbocycles. The van der Waals surface area contributed by atoms with E-state index < -0.39 is 0 Å². The summed E-state index contributed by atoms with van der Waals surface area (Å²) in [6.45, 7) is 3.13. The van der Waals surface area contributed by atoms with Gasteiger partial charge in [-0.05, 0) is 48.2 Å². The number of aromatic nitrogens is 2. The van der Waals surface area contributed by atoms with Crippen LogP contribution in [0.5, 0.6) is 0 Å². The van der Waals surface area contributed by atoms with E-state index in [-0.39, 0.29) is 11.8 Å². The van der Waals surface area contributed by atoms with Gasteiger partial charge in [-0.1, -0.05) is 42.8 Å². The molecule has 0 aliphatic rings. The van der Waals surface area contributed by atoms with Crippen LogP contribution in [0, 0.1) is 0 Å². The first-order valence-corrected chi connectivity index (χ1v) is 10.4. The second-order valence-corrected chi connectivity index (χ2v) is 7.40. The maximum absolute atomic E-state index is 12.3. The van der Waals surface area contributed by atoms with Crippen molar-refractivity contribution < 1.29 is 9.59 Å². The summed E-state index contributed by atoms with van der Waals surface area (Å²) in [6.07, 6.45) is 3.51. The minimum atomic E-state index is -0.181. The summed E-state index contributed by atoms with van der Waals surface area (Å²) in [7, 11) is 0. The second kappa shape index (κ2) is 10.6. The molecule has 0 spiro atoms. The highest BCUT2D eigenvalue weighted by Crippen LogP contribution is 2.12. The van der Waals surface area contributed by atoms with Crippen molar-refractivity contribution in [3.8, 4) is 0 Å². The molecule has 1 heterocycles. The predicted molar refractivity (Wildman–Crippen MR) is 119 cm³/mol. The number of carbonyl (C=O) groups is 2. The Hall–Kier alpha value is -3.12. The lowest BCUT2D eigenvalue weighted by atomic mass is 10.1. The molecule has 2 N–H and O–H groups in total. The topological polar surface area (TPSA) is 76.0 Å². The van der Waals surface area contributed by atoms with Gasteiger partial charge in [-0.2, -0.15) is 5.10 Å². The zero-order valence-electron chi connectivity index (χ0n) is 16.9. The van der Waals surface area contributed by atoms with Gasteiger partial charge in [0, 0.05) is 29.6 Å². The smallest absolute Gasteiger partial charge is 0.251 e. The summed E-state index contributed by atoms with van der Waals surface area (Å²) in [5.41, 5.74) is 2.95. The predicted octanol–water partition coefficient (Wildman–Crippen LogP) is 4.30. The molecule has 6 nitrogen and oxygen atoms in total. The lowest BCUT2D eigenvalue weighted by Gasteiger charge is -2.10. The molecule has 0 aliphatic heterocycles. The highest BCUT2D eigenvalue weighted by atomic mass is 35.5. The third-order valence-electron chi connectivity index (χ3n) is 4.72. The van der Waals surface area contributed by atoms with Crippen LogP contribution in [0.3, 0.4) is 0 Å². The van der Waals surface area contributed by atoms with E-state index in [1.807, 2.05) is 0 Å². The number of hydrogen-bond donors (Lipinski definition) is 2. The molecule has 0 radical (unpaired) electrons. The van der Waals surface area contributed by atoms with Gasteiger partial charge in [-0.25, -0.2) is 4.68 Å².